The maximum Gasteiger partial charge on any atom is 0.258 e. The third-order valence-electron chi connectivity index (χ3n) is 5.81. The van der Waals surface area contributed by atoms with Crippen LogP contribution in [0.3, 0.4) is 0 Å². The fourth-order valence-electron chi connectivity index (χ4n) is 4.05. The molecule has 6 nitrogen and oxygen atoms in total. The van der Waals surface area contributed by atoms with Crippen molar-refractivity contribution in [1.82, 2.24) is 14.5 Å². The van der Waals surface area contributed by atoms with E-state index in [9.17, 15) is 9.59 Å². The van der Waals surface area contributed by atoms with Crippen LogP contribution >= 0.6 is 0 Å². The summed E-state index contributed by atoms with van der Waals surface area (Å²) in [7, 11) is 1.76. The Bertz CT molecular complexity index is 1540. The van der Waals surface area contributed by atoms with Gasteiger partial charge in [0.15, 0.2) is 0 Å². The number of aromatic amines is 1. The number of anilines is 1. The van der Waals surface area contributed by atoms with Gasteiger partial charge in [-0.05, 0) is 61.4 Å². The third kappa shape index (κ3) is 3.36. The van der Waals surface area contributed by atoms with E-state index in [0.29, 0.717) is 16.9 Å². The average molecular weight is 422 g/mol. The number of aromatic nitrogens is 3. The van der Waals surface area contributed by atoms with E-state index in [1.165, 1.54) is 0 Å². The maximum atomic E-state index is 13.2. The fraction of sp³-hybridized carbons (Fsp3) is 0.115. The van der Waals surface area contributed by atoms with Crippen molar-refractivity contribution in [3.63, 3.8) is 0 Å². The summed E-state index contributed by atoms with van der Waals surface area (Å²) in [5.74, 6) is 0.383. The number of nitrogens with one attached hydrogen (secondary N) is 2. The van der Waals surface area contributed by atoms with E-state index < -0.39 is 0 Å². The van der Waals surface area contributed by atoms with Crippen molar-refractivity contribution in [3.8, 4) is 11.1 Å². The second-order valence-corrected chi connectivity index (χ2v) is 8.06. The quantitative estimate of drug-likeness (QED) is 0.432. The number of aryl methyl sites for hydroxylation is 3. The van der Waals surface area contributed by atoms with Crippen LogP contribution < -0.4 is 10.9 Å². The van der Waals surface area contributed by atoms with Gasteiger partial charge < -0.3 is 14.9 Å². The minimum atomic E-state index is -0.243. The Morgan fingerprint density at radius 2 is 1.78 bits per heavy atom. The number of amides is 1. The fourth-order valence-corrected chi connectivity index (χ4v) is 4.05. The minimum absolute atomic E-state index is 0.112. The van der Waals surface area contributed by atoms with Crippen molar-refractivity contribution in [3.05, 3.63) is 94.0 Å². The molecule has 0 fully saturated rings. The van der Waals surface area contributed by atoms with Crippen molar-refractivity contribution < 1.29 is 4.79 Å². The van der Waals surface area contributed by atoms with Gasteiger partial charge in [-0.15, -0.1) is 0 Å². The molecule has 5 rings (SSSR count). The maximum absolute atomic E-state index is 13.2. The molecule has 32 heavy (non-hydrogen) atoms. The van der Waals surface area contributed by atoms with E-state index in [-0.39, 0.29) is 11.5 Å². The van der Waals surface area contributed by atoms with Crippen molar-refractivity contribution in [2.75, 3.05) is 5.32 Å². The molecule has 1 amide bonds. The lowest BCUT2D eigenvalue weighted by Gasteiger charge is -2.12. The molecule has 0 unspecified atom stereocenters. The molecule has 0 aliphatic heterocycles. The summed E-state index contributed by atoms with van der Waals surface area (Å²) < 4.78 is 1.63. The summed E-state index contributed by atoms with van der Waals surface area (Å²) in [6.07, 6.45) is 1.77. The van der Waals surface area contributed by atoms with E-state index >= 15 is 0 Å². The second kappa shape index (κ2) is 7.50. The van der Waals surface area contributed by atoms with Crippen LogP contribution in [0.15, 0.2) is 71.7 Å². The third-order valence-corrected chi connectivity index (χ3v) is 5.81. The Labute approximate surface area is 184 Å². The lowest BCUT2D eigenvalue weighted by Crippen LogP contribution is -2.20. The average Bonchev–Trinajstić information content (AvgIpc) is 3.19. The Morgan fingerprint density at radius 1 is 0.969 bits per heavy atom. The van der Waals surface area contributed by atoms with Gasteiger partial charge in [0.25, 0.3) is 11.5 Å². The number of benzene rings is 2. The smallest absolute Gasteiger partial charge is 0.258 e. The van der Waals surface area contributed by atoms with Gasteiger partial charge in [0, 0.05) is 46.4 Å². The summed E-state index contributed by atoms with van der Waals surface area (Å²) in [5.41, 5.74) is 5.21. The number of carbonyl (C=O) groups excluding carboxylic acids is 1. The molecule has 0 radical (unpaired) electrons. The Balaban J connectivity index is 1.55. The molecule has 0 atom stereocenters. The lowest BCUT2D eigenvalue weighted by molar-refractivity contribution is 0.102. The highest BCUT2D eigenvalue weighted by molar-refractivity contribution is 6.06. The number of hydrogen-bond donors (Lipinski definition) is 2. The SMILES string of the molecule is Cc1cc2c(cn1)cc(-c1cc(C(=O)Nc3cc4ccccc4[nH]3)ccc1C)c(=O)n2C. The number of rotatable bonds is 3. The van der Waals surface area contributed by atoms with Gasteiger partial charge in [0.05, 0.1) is 5.52 Å². The number of para-hydroxylation sites is 1. The second-order valence-electron chi connectivity index (χ2n) is 8.06. The summed E-state index contributed by atoms with van der Waals surface area (Å²) in [6, 6.07) is 18.9. The van der Waals surface area contributed by atoms with Gasteiger partial charge in [0.2, 0.25) is 0 Å². The van der Waals surface area contributed by atoms with Gasteiger partial charge in [-0.2, -0.15) is 0 Å². The first kappa shape index (κ1) is 19.8. The van der Waals surface area contributed by atoms with Crippen molar-refractivity contribution >= 4 is 33.5 Å². The van der Waals surface area contributed by atoms with Gasteiger partial charge >= 0.3 is 0 Å². The van der Waals surface area contributed by atoms with Crippen LogP contribution in [0.2, 0.25) is 0 Å². The minimum Gasteiger partial charge on any atom is -0.341 e. The molecule has 0 aliphatic rings. The van der Waals surface area contributed by atoms with Crippen molar-refractivity contribution in [2.24, 2.45) is 7.05 Å². The first-order chi connectivity index (χ1) is 15.4. The molecule has 0 saturated heterocycles. The highest BCUT2D eigenvalue weighted by Crippen LogP contribution is 2.26. The van der Waals surface area contributed by atoms with Crippen LogP contribution in [0.25, 0.3) is 32.9 Å². The number of H-pyrrole nitrogens is 1. The van der Waals surface area contributed by atoms with Gasteiger partial charge in [0.1, 0.15) is 5.82 Å². The largest absolute Gasteiger partial charge is 0.341 e. The number of pyridine rings is 2. The van der Waals surface area contributed by atoms with Crippen LogP contribution in [0, 0.1) is 13.8 Å². The molecule has 6 heteroatoms. The van der Waals surface area contributed by atoms with Crippen LogP contribution in [0.4, 0.5) is 5.82 Å². The predicted molar refractivity (Wildman–Crippen MR) is 128 cm³/mol. The number of carbonyl (C=O) groups is 1. The Morgan fingerprint density at radius 3 is 2.59 bits per heavy atom. The summed E-state index contributed by atoms with van der Waals surface area (Å²) in [5, 5.41) is 4.82. The van der Waals surface area contributed by atoms with Crippen LogP contribution in [-0.4, -0.2) is 20.4 Å². The van der Waals surface area contributed by atoms with Crippen molar-refractivity contribution in [2.45, 2.75) is 13.8 Å². The molecular weight excluding hydrogens is 400 g/mol. The summed E-state index contributed by atoms with van der Waals surface area (Å²) >= 11 is 0. The van der Waals surface area contributed by atoms with Crippen molar-refractivity contribution in [1.29, 1.82) is 0 Å². The summed E-state index contributed by atoms with van der Waals surface area (Å²) in [6.45, 7) is 3.84. The molecule has 2 N–H and O–H groups in total. The predicted octanol–water partition coefficient (Wildman–Crippen LogP) is 4.95. The first-order valence-electron chi connectivity index (χ1n) is 10.4. The summed E-state index contributed by atoms with van der Waals surface area (Å²) in [4.78, 5) is 33.7. The molecule has 5 aromatic rings. The lowest BCUT2D eigenvalue weighted by atomic mass is 9.97. The molecule has 0 aliphatic carbocycles. The zero-order valence-electron chi connectivity index (χ0n) is 18.1. The molecule has 3 aromatic heterocycles. The van der Waals surface area contributed by atoms with E-state index in [2.05, 4.69) is 15.3 Å². The number of fused-ring (bicyclic) bond motifs is 2. The monoisotopic (exact) mass is 422 g/mol. The molecule has 0 saturated carbocycles. The number of nitrogens with zero attached hydrogens (tertiary/aromatic N) is 2. The molecule has 2 aromatic carbocycles. The van der Waals surface area contributed by atoms with E-state index in [0.717, 1.165) is 38.6 Å². The normalized spacial score (nSPS) is 11.2. The van der Waals surface area contributed by atoms with Crippen LogP contribution in [-0.2, 0) is 7.05 Å². The first-order valence-corrected chi connectivity index (χ1v) is 10.4. The van der Waals surface area contributed by atoms with Gasteiger partial charge in [-0.25, -0.2) is 0 Å². The zero-order valence-corrected chi connectivity index (χ0v) is 18.1. The topological polar surface area (TPSA) is 79.8 Å². The molecule has 3 heterocycles. The van der Waals surface area contributed by atoms with E-state index in [1.54, 1.807) is 29.9 Å². The Hall–Kier alpha value is -4.19. The van der Waals surface area contributed by atoms with Gasteiger partial charge in [-0.1, -0.05) is 24.3 Å². The highest BCUT2D eigenvalue weighted by atomic mass is 16.1. The zero-order chi connectivity index (χ0) is 22.4. The van der Waals surface area contributed by atoms with E-state index in [1.807, 2.05) is 62.4 Å². The van der Waals surface area contributed by atoms with E-state index in [4.69, 9.17) is 0 Å². The highest BCUT2D eigenvalue weighted by Gasteiger charge is 2.15. The number of hydrogen-bond acceptors (Lipinski definition) is 3. The molecular formula is C26H22N4O2. The molecule has 0 spiro atoms. The molecule has 0 bridgehead atoms. The van der Waals surface area contributed by atoms with Gasteiger partial charge in [-0.3, -0.25) is 14.6 Å². The van der Waals surface area contributed by atoms with Crippen LogP contribution in [0.5, 0.6) is 0 Å². The Kier molecular flexibility index (Phi) is 4.63. The molecule has 158 valence electrons. The van der Waals surface area contributed by atoms with Crippen LogP contribution in [0.1, 0.15) is 21.6 Å². The standard InChI is InChI=1S/C26H22N4O2/c1-15-8-9-18(25(31)29-24-13-17-6-4-5-7-22(17)28-24)11-20(15)21-12-19-14-27-16(2)10-23(19)30(3)26(21)32/h4-14,28H,1-3H3,(H,29,31).